The van der Waals surface area contributed by atoms with Crippen LogP contribution in [0.5, 0.6) is 5.75 Å². The highest BCUT2D eigenvalue weighted by molar-refractivity contribution is 5.94. The molecule has 1 aromatic rings. The standard InChI is InChI=1S/C16H23FN2O2/c1-11-5-3-4-8-16(11,10-18)19-15(20)12-6-7-14(21-2)13(17)9-12/h6-7,9,11H,3-5,8,10,18H2,1-2H3,(H,19,20). The van der Waals surface area contributed by atoms with Gasteiger partial charge in [0.05, 0.1) is 12.6 Å². The Balaban J connectivity index is 2.18. The van der Waals surface area contributed by atoms with E-state index in [1.54, 1.807) is 6.07 Å². The first-order valence-electron chi connectivity index (χ1n) is 7.38. The fourth-order valence-corrected chi connectivity index (χ4v) is 3.06. The van der Waals surface area contributed by atoms with Crippen LogP contribution in [0.15, 0.2) is 18.2 Å². The molecule has 116 valence electrons. The Labute approximate surface area is 124 Å². The van der Waals surface area contributed by atoms with Crippen molar-refractivity contribution in [1.29, 1.82) is 0 Å². The molecule has 2 atom stereocenters. The fraction of sp³-hybridized carbons (Fsp3) is 0.562. The topological polar surface area (TPSA) is 64.3 Å². The van der Waals surface area contributed by atoms with E-state index in [-0.39, 0.29) is 17.2 Å². The molecule has 0 spiro atoms. The first kappa shape index (κ1) is 15.8. The molecule has 1 aliphatic rings. The number of carbonyl (C=O) groups is 1. The third kappa shape index (κ3) is 3.18. The molecular formula is C16H23FN2O2. The minimum absolute atomic E-state index is 0.131. The van der Waals surface area contributed by atoms with E-state index in [1.807, 2.05) is 0 Å². The number of nitrogens with one attached hydrogen (secondary N) is 1. The van der Waals surface area contributed by atoms with E-state index in [1.165, 1.54) is 19.2 Å². The van der Waals surface area contributed by atoms with Crippen LogP contribution in [0.2, 0.25) is 0 Å². The molecule has 5 heteroatoms. The Kier molecular flexibility index (Phi) is 4.83. The molecule has 21 heavy (non-hydrogen) atoms. The molecule has 2 unspecified atom stereocenters. The highest BCUT2D eigenvalue weighted by Crippen LogP contribution is 2.33. The molecule has 1 aromatic carbocycles. The maximum Gasteiger partial charge on any atom is 0.251 e. The van der Waals surface area contributed by atoms with E-state index in [2.05, 4.69) is 12.2 Å². The third-order valence-corrected chi connectivity index (χ3v) is 4.59. The van der Waals surface area contributed by atoms with Gasteiger partial charge in [-0.1, -0.05) is 19.8 Å². The highest BCUT2D eigenvalue weighted by atomic mass is 19.1. The van der Waals surface area contributed by atoms with E-state index in [9.17, 15) is 9.18 Å². The van der Waals surface area contributed by atoms with Crippen LogP contribution in [0.25, 0.3) is 0 Å². The summed E-state index contributed by atoms with van der Waals surface area (Å²) in [6.45, 7) is 2.51. The molecule has 1 aliphatic carbocycles. The van der Waals surface area contributed by atoms with Crippen molar-refractivity contribution in [1.82, 2.24) is 5.32 Å². The van der Waals surface area contributed by atoms with Gasteiger partial charge in [-0.15, -0.1) is 0 Å². The van der Waals surface area contributed by atoms with Crippen LogP contribution in [0.1, 0.15) is 43.0 Å². The smallest absolute Gasteiger partial charge is 0.251 e. The lowest BCUT2D eigenvalue weighted by atomic mass is 9.73. The summed E-state index contributed by atoms with van der Waals surface area (Å²) in [7, 11) is 1.39. The molecule has 0 bridgehead atoms. The van der Waals surface area contributed by atoms with Crippen molar-refractivity contribution in [2.45, 2.75) is 38.1 Å². The molecule has 0 aromatic heterocycles. The number of amides is 1. The molecule has 0 radical (unpaired) electrons. The van der Waals surface area contributed by atoms with E-state index in [0.29, 0.717) is 18.0 Å². The van der Waals surface area contributed by atoms with Gasteiger partial charge in [0.1, 0.15) is 0 Å². The lowest BCUT2D eigenvalue weighted by Gasteiger charge is -2.42. The van der Waals surface area contributed by atoms with E-state index >= 15 is 0 Å². The highest BCUT2D eigenvalue weighted by Gasteiger charge is 2.38. The van der Waals surface area contributed by atoms with Crippen molar-refractivity contribution in [2.24, 2.45) is 11.7 Å². The quantitative estimate of drug-likeness (QED) is 0.896. The molecule has 2 rings (SSSR count). The zero-order chi connectivity index (χ0) is 15.5. The molecule has 0 heterocycles. The summed E-state index contributed by atoms with van der Waals surface area (Å²) >= 11 is 0. The number of carbonyl (C=O) groups excluding carboxylic acids is 1. The normalized spacial score (nSPS) is 25.4. The summed E-state index contributed by atoms with van der Waals surface area (Å²) in [6, 6.07) is 4.23. The molecule has 1 saturated carbocycles. The number of benzene rings is 1. The van der Waals surface area contributed by atoms with E-state index in [4.69, 9.17) is 10.5 Å². The van der Waals surface area contributed by atoms with Gasteiger partial charge in [0.25, 0.3) is 5.91 Å². The van der Waals surface area contributed by atoms with Crippen molar-refractivity contribution in [2.75, 3.05) is 13.7 Å². The van der Waals surface area contributed by atoms with Gasteiger partial charge in [0.2, 0.25) is 0 Å². The monoisotopic (exact) mass is 294 g/mol. The van der Waals surface area contributed by atoms with Crippen molar-refractivity contribution < 1.29 is 13.9 Å². The summed E-state index contributed by atoms with van der Waals surface area (Å²) in [4.78, 5) is 12.4. The van der Waals surface area contributed by atoms with Crippen LogP contribution in [-0.2, 0) is 0 Å². The minimum atomic E-state index is -0.538. The maximum absolute atomic E-state index is 13.7. The summed E-state index contributed by atoms with van der Waals surface area (Å²) < 4.78 is 18.6. The van der Waals surface area contributed by atoms with Gasteiger partial charge in [0.15, 0.2) is 11.6 Å². The van der Waals surface area contributed by atoms with Crippen molar-refractivity contribution in [3.63, 3.8) is 0 Å². The summed E-state index contributed by atoms with van der Waals surface area (Å²) in [5.41, 5.74) is 5.83. The lowest BCUT2D eigenvalue weighted by Crippen LogP contribution is -2.59. The van der Waals surface area contributed by atoms with Gasteiger partial charge in [-0.25, -0.2) is 4.39 Å². The number of hydrogen-bond acceptors (Lipinski definition) is 3. The number of hydrogen-bond donors (Lipinski definition) is 2. The predicted octanol–water partition coefficient (Wildman–Crippen LogP) is 2.47. The Morgan fingerprint density at radius 1 is 1.52 bits per heavy atom. The first-order chi connectivity index (χ1) is 10.0. The lowest BCUT2D eigenvalue weighted by molar-refractivity contribution is 0.0812. The Hall–Kier alpha value is -1.62. The Morgan fingerprint density at radius 2 is 2.29 bits per heavy atom. The van der Waals surface area contributed by atoms with E-state index < -0.39 is 5.82 Å². The van der Waals surface area contributed by atoms with Crippen LogP contribution in [0, 0.1) is 11.7 Å². The summed E-state index contributed by atoms with van der Waals surface area (Å²) in [6.07, 6.45) is 4.14. The van der Waals surface area contributed by atoms with Crippen LogP contribution < -0.4 is 15.8 Å². The maximum atomic E-state index is 13.7. The van der Waals surface area contributed by atoms with Crippen LogP contribution in [0.4, 0.5) is 4.39 Å². The number of halogens is 1. The zero-order valence-corrected chi connectivity index (χ0v) is 12.6. The number of nitrogens with two attached hydrogens (primary N) is 1. The number of methoxy groups -OCH3 is 1. The first-order valence-corrected chi connectivity index (χ1v) is 7.38. The molecule has 0 saturated heterocycles. The number of rotatable bonds is 4. The van der Waals surface area contributed by atoms with Crippen molar-refractivity contribution in [3.8, 4) is 5.75 Å². The molecular weight excluding hydrogens is 271 g/mol. The Bertz CT molecular complexity index is 521. The van der Waals surface area contributed by atoms with Gasteiger partial charge in [0, 0.05) is 12.1 Å². The van der Waals surface area contributed by atoms with Gasteiger partial charge >= 0.3 is 0 Å². The summed E-state index contributed by atoms with van der Waals surface area (Å²) in [5.74, 6) is -0.367. The average molecular weight is 294 g/mol. The number of ether oxygens (including phenoxy) is 1. The van der Waals surface area contributed by atoms with Crippen LogP contribution in [-0.4, -0.2) is 25.1 Å². The predicted molar refractivity (Wildman–Crippen MR) is 79.8 cm³/mol. The average Bonchev–Trinajstić information content (AvgIpc) is 2.49. The van der Waals surface area contributed by atoms with Crippen LogP contribution in [0.3, 0.4) is 0 Å². The van der Waals surface area contributed by atoms with Crippen molar-refractivity contribution in [3.05, 3.63) is 29.6 Å². The second-order valence-electron chi connectivity index (χ2n) is 5.81. The summed E-state index contributed by atoms with van der Waals surface area (Å²) in [5, 5.41) is 3.04. The molecule has 3 N–H and O–H groups in total. The molecule has 0 aliphatic heterocycles. The zero-order valence-electron chi connectivity index (χ0n) is 12.6. The van der Waals surface area contributed by atoms with Gasteiger partial charge in [-0.2, -0.15) is 0 Å². The molecule has 1 fully saturated rings. The van der Waals surface area contributed by atoms with Crippen molar-refractivity contribution >= 4 is 5.91 Å². The minimum Gasteiger partial charge on any atom is -0.494 e. The molecule has 4 nitrogen and oxygen atoms in total. The third-order valence-electron chi connectivity index (χ3n) is 4.59. The SMILES string of the molecule is COc1ccc(C(=O)NC2(CN)CCCCC2C)cc1F. The van der Waals surface area contributed by atoms with Crippen LogP contribution >= 0.6 is 0 Å². The fourth-order valence-electron chi connectivity index (χ4n) is 3.06. The second kappa shape index (κ2) is 6.43. The largest absolute Gasteiger partial charge is 0.494 e. The van der Waals surface area contributed by atoms with Gasteiger partial charge in [-0.05, 0) is 37.0 Å². The van der Waals surface area contributed by atoms with Gasteiger partial charge in [-0.3, -0.25) is 4.79 Å². The van der Waals surface area contributed by atoms with E-state index in [0.717, 1.165) is 25.7 Å². The molecule has 1 amide bonds. The second-order valence-corrected chi connectivity index (χ2v) is 5.81. The van der Waals surface area contributed by atoms with Gasteiger partial charge < -0.3 is 15.8 Å². The Morgan fingerprint density at radius 3 is 2.86 bits per heavy atom.